The lowest BCUT2D eigenvalue weighted by atomic mass is 10.1. The Labute approximate surface area is 186 Å². The minimum absolute atomic E-state index is 0.570. The molecule has 8 heteroatoms. The van der Waals surface area contributed by atoms with Gasteiger partial charge < -0.3 is 25.2 Å². The zero-order valence-corrected chi connectivity index (χ0v) is 19.3. The predicted octanol–water partition coefficient (Wildman–Crippen LogP) is 1.87. The molecule has 1 aromatic carbocycles. The van der Waals surface area contributed by atoms with Crippen molar-refractivity contribution in [2.24, 2.45) is 4.99 Å². The second-order valence-electron chi connectivity index (χ2n) is 7.96. The van der Waals surface area contributed by atoms with Crippen LogP contribution in [0.4, 0.5) is 5.69 Å². The maximum Gasteiger partial charge on any atom is 0.191 e. The first-order valence-electron chi connectivity index (χ1n) is 11.2. The van der Waals surface area contributed by atoms with E-state index in [0.717, 1.165) is 95.1 Å². The Kier molecular flexibility index (Phi) is 9.52. The molecule has 0 amide bonds. The highest BCUT2D eigenvalue weighted by molar-refractivity contribution is 6.31. The standard InChI is InChI=1S/C22H37ClN6O/c1-3-24-22(25-8-5-9-28-14-16-30-17-15-28)26-18-19-20(23)6-4-7-21(19)29-12-10-27(2)11-13-29/h4,6-7H,3,5,8-18H2,1-2H3,(H2,24,25,26). The van der Waals surface area contributed by atoms with E-state index in [1.165, 1.54) is 5.69 Å². The van der Waals surface area contributed by atoms with Crippen LogP contribution in [0.5, 0.6) is 0 Å². The molecule has 3 rings (SSSR count). The van der Waals surface area contributed by atoms with Crippen molar-refractivity contribution in [3.8, 4) is 0 Å². The van der Waals surface area contributed by atoms with E-state index in [2.05, 4.69) is 45.4 Å². The first-order chi connectivity index (χ1) is 14.7. The summed E-state index contributed by atoms with van der Waals surface area (Å²) in [5, 5.41) is 7.62. The Hall–Kier alpha value is -1.54. The summed E-state index contributed by atoms with van der Waals surface area (Å²) in [7, 11) is 2.17. The highest BCUT2D eigenvalue weighted by Gasteiger charge is 2.18. The molecule has 0 bridgehead atoms. The molecule has 0 saturated carbocycles. The number of hydrogen-bond acceptors (Lipinski definition) is 5. The summed E-state index contributed by atoms with van der Waals surface area (Å²) in [6.07, 6.45) is 1.09. The summed E-state index contributed by atoms with van der Waals surface area (Å²) >= 11 is 6.59. The van der Waals surface area contributed by atoms with E-state index in [1.807, 2.05) is 12.1 Å². The number of ether oxygens (including phenoxy) is 1. The fourth-order valence-electron chi connectivity index (χ4n) is 3.88. The Bertz CT molecular complexity index is 672. The highest BCUT2D eigenvalue weighted by Crippen LogP contribution is 2.29. The molecular weight excluding hydrogens is 400 g/mol. The van der Waals surface area contributed by atoms with Gasteiger partial charge in [-0.2, -0.15) is 0 Å². The lowest BCUT2D eigenvalue weighted by molar-refractivity contribution is 0.0376. The highest BCUT2D eigenvalue weighted by atomic mass is 35.5. The second-order valence-corrected chi connectivity index (χ2v) is 8.36. The molecule has 0 unspecified atom stereocenters. The molecule has 2 fully saturated rings. The molecule has 0 spiro atoms. The van der Waals surface area contributed by atoms with E-state index in [9.17, 15) is 0 Å². The van der Waals surface area contributed by atoms with Crippen molar-refractivity contribution in [1.29, 1.82) is 0 Å². The Morgan fingerprint density at radius 1 is 1.10 bits per heavy atom. The maximum atomic E-state index is 6.59. The summed E-state index contributed by atoms with van der Waals surface area (Å²) in [5.41, 5.74) is 2.32. The zero-order valence-electron chi connectivity index (χ0n) is 18.5. The second kappa shape index (κ2) is 12.3. The Balaban J connectivity index is 1.57. The van der Waals surface area contributed by atoms with Crippen LogP contribution >= 0.6 is 11.6 Å². The van der Waals surface area contributed by atoms with Crippen molar-refractivity contribution in [2.45, 2.75) is 19.9 Å². The van der Waals surface area contributed by atoms with Crippen molar-refractivity contribution in [3.63, 3.8) is 0 Å². The SMILES string of the molecule is CCNC(=NCc1c(Cl)cccc1N1CCN(C)CC1)NCCCN1CCOCC1. The van der Waals surface area contributed by atoms with E-state index < -0.39 is 0 Å². The molecule has 0 atom stereocenters. The number of piperazine rings is 1. The third kappa shape index (κ3) is 7.01. The monoisotopic (exact) mass is 436 g/mol. The third-order valence-corrected chi connectivity index (χ3v) is 6.08. The lowest BCUT2D eigenvalue weighted by Crippen LogP contribution is -2.44. The van der Waals surface area contributed by atoms with Crippen LogP contribution < -0.4 is 15.5 Å². The number of likely N-dealkylation sites (N-methyl/N-ethyl adjacent to an activating group) is 1. The number of halogens is 1. The van der Waals surface area contributed by atoms with Gasteiger partial charge in [0, 0.05) is 68.6 Å². The molecule has 2 saturated heterocycles. The number of nitrogens with zero attached hydrogens (tertiary/aromatic N) is 4. The fourth-order valence-corrected chi connectivity index (χ4v) is 4.11. The quantitative estimate of drug-likeness (QED) is 0.368. The van der Waals surface area contributed by atoms with Crippen LogP contribution in [0.3, 0.4) is 0 Å². The molecule has 1 aromatic rings. The molecule has 7 nitrogen and oxygen atoms in total. The van der Waals surface area contributed by atoms with Gasteiger partial charge in [-0.15, -0.1) is 0 Å². The molecule has 2 aliphatic rings. The van der Waals surface area contributed by atoms with Gasteiger partial charge in [0.05, 0.1) is 19.8 Å². The number of aliphatic imine (C=N–C) groups is 1. The number of hydrogen-bond donors (Lipinski definition) is 2. The van der Waals surface area contributed by atoms with Crippen LogP contribution in [0.2, 0.25) is 5.02 Å². The predicted molar refractivity (Wildman–Crippen MR) is 126 cm³/mol. The number of morpholine rings is 1. The van der Waals surface area contributed by atoms with Crippen molar-refractivity contribution in [3.05, 3.63) is 28.8 Å². The minimum atomic E-state index is 0.570. The molecule has 30 heavy (non-hydrogen) atoms. The summed E-state index contributed by atoms with van der Waals surface area (Å²) in [6, 6.07) is 6.18. The van der Waals surface area contributed by atoms with E-state index >= 15 is 0 Å². The van der Waals surface area contributed by atoms with Crippen LogP contribution in [0.1, 0.15) is 18.9 Å². The Morgan fingerprint density at radius 2 is 1.87 bits per heavy atom. The van der Waals surface area contributed by atoms with Gasteiger partial charge in [-0.05, 0) is 39.1 Å². The van der Waals surface area contributed by atoms with Crippen LogP contribution in [0, 0.1) is 0 Å². The van der Waals surface area contributed by atoms with Crippen molar-refractivity contribution in [2.75, 3.05) is 84.1 Å². The van der Waals surface area contributed by atoms with Crippen LogP contribution in [0.15, 0.2) is 23.2 Å². The number of nitrogens with one attached hydrogen (secondary N) is 2. The van der Waals surface area contributed by atoms with Crippen LogP contribution in [-0.4, -0.2) is 94.9 Å². The smallest absolute Gasteiger partial charge is 0.191 e. The largest absolute Gasteiger partial charge is 0.379 e. The van der Waals surface area contributed by atoms with Crippen molar-refractivity contribution < 1.29 is 4.74 Å². The molecule has 0 aromatic heterocycles. The third-order valence-electron chi connectivity index (χ3n) is 5.72. The summed E-state index contributed by atoms with van der Waals surface area (Å²) in [5.74, 6) is 0.851. The van der Waals surface area contributed by atoms with E-state index in [4.69, 9.17) is 21.3 Å². The van der Waals surface area contributed by atoms with Crippen molar-refractivity contribution in [1.82, 2.24) is 20.4 Å². The molecule has 0 radical (unpaired) electrons. The van der Waals surface area contributed by atoms with Gasteiger partial charge in [-0.3, -0.25) is 4.90 Å². The van der Waals surface area contributed by atoms with Crippen LogP contribution in [0.25, 0.3) is 0 Å². The van der Waals surface area contributed by atoms with Crippen LogP contribution in [-0.2, 0) is 11.3 Å². The molecule has 168 valence electrons. The van der Waals surface area contributed by atoms with Crippen molar-refractivity contribution >= 4 is 23.2 Å². The fraction of sp³-hybridized carbons (Fsp3) is 0.682. The first-order valence-corrected chi connectivity index (χ1v) is 11.6. The average molecular weight is 437 g/mol. The van der Waals surface area contributed by atoms with Gasteiger partial charge in [0.15, 0.2) is 5.96 Å². The molecule has 2 aliphatic heterocycles. The molecular formula is C22H37ClN6O. The molecule has 2 N–H and O–H groups in total. The van der Waals surface area contributed by atoms with Gasteiger partial charge in [0.2, 0.25) is 0 Å². The number of benzene rings is 1. The van der Waals surface area contributed by atoms with Gasteiger partial charge in [0.25, 0.3) is 0 Å². The van der Waals surface area contributed by atoms with Gasteiger partial charge in [-0.1, -0.05) is 17.7 Å². The summed E-state index contributed by atoms with van der Waals surface area (Å²) < 4.78 is 5.42. The van der Waals surface area contributed by atoms with E-state index in [0.29, 0.717) is 6.54 Å². The average Bonchev–Trinajstić information content (AvgIpc) is 2.77. The Morgan fingerprint density at radius 3 is 2.60 bits per heavy atom. The lowest BCUT2D eigenvalue weighted by Gasteiger charge is -2.35. The summed E-state index contributed by atoms with van der Waals surface area (Å²) in [6.45, 7) is 13.5. The molecule has 0 aliphatic carbocycles. The molecule has 2 heterocycles. The normalized spacial score (nSPS) is 19.2. The van der Waals surface area contributed by atoms with E-state index in [1.54, 1.807) is 0 Å². The zero-order chi connectivity index (χ0) is 21.2. The maximum absolute atomic E-state index is 6.59. The number of rotatable bonds is 8. The van der Waals surface area contributed by atoms with Gasteiger partial charge in [0.1, 0.15) is 0 Å². The minimum Gasteiger partial charge on any atom is -0.379 e. The van der Waals surface area contributed by atoms with Gasteiger partial charge >= 0.3 is 0 Å². The van der Waals surface area contributed by atoms with E-state index in [-0.39, 0.29) is 0 Å². The number of guanidine groups is 1. The van der Waals surface area contributed by atoms with Gasteiger partial charge in [-0.25, -0.2) is 4.99 Å². The topological polar surface area (TPSA) is 55.4 Å². The summed E-state index contributed by atoms with van der Waals surface area (Å²) in [4.78, 5) is 12.1. The first kappa shape index (κ1) is 23.1. The number of anilines is 1.